The van der Waals surface area contributed by atoms with Crippen molar-refractivity contribution in [2.24, 2.45) is 0 Å². The molecule has 0 amide bonds. The average molecular weight is 231 g/mol. The van der Waals surface area contributed by atoms with Gasteiger partial charge in [-0.3, -0.25) is 0 Å². The van der Waals surface area contributed by atoms with Crippen molar-refractivity contribution in [1.82, 2.24) is 4.98 Å². The lowest BCUT2D eigenvalue weighted by atomic mass is 10.1. The van der Waals surface area contributed by atoms with Crippen LogP contribution in [0.3, 0.4) is 0 Å². The first-order valence-electron chi connectivity index (χ1n) is 5.28. The number of nitriles is 1. The summed E-state index contributed by atoms with van der Waals surface area (Å²) in [5, 5.41) is 30.9. The molecule has 1 aromatic heterocycles. The van der Waals surface area contributed by atoms with Crippen molar-refractivity contribution in [2.45, 2.75) is 6.10 Å². The number of hydrogen-bond acceptors (Lipinski definition) is 4. The van der Waals surface area contributed by atoms with E-state index in [2.05, 4.69) is 16.4 Å². The third-order valence-electron chi connectivity index (χ3n) is 2.54. The summed E-state index contributed by atoms with van der Waals surface area (Å²) in [5.74, 6) is 0. The Morgan fingerprint density at radius 1 is 1.47 bits per heavy atom. The monoisotopic (exact) mass is 231 g/mol. The maximum Gasteiger partial charge on any atom is 0.0993 e. The second kappa shape index (κ2) is 4.87. The highest BCUT2D eigenvalue weighted by molar-refractivity contribution is 5.93. The van der Waals surface area contributed by atoms with Crippen LogP contribution in [0.5, 0.6) is 0 Å². The topological polar surface area (TPSA) is 92.1 Å². The van der Waals surface area contributed by atoms with Gasteiger partial charge in [-0.25, -0.2) is 0 Å². The number of anilines is 1. The van der Waals surface area contributed by atoms with Gasteiger partial charge in [0.2, 0.25) is 0 Å². The molecule has 5 heteroatoms. The van der Waals surface area contributed by atoms with Crippen molar-refractivity contribution >= 4 is 16.6 Å². The van der Waals surface area contributed by atoms with Gasteiger partial charge in [-0.1, -0.05) is 0 Å². The van der Waals surface area contributed by atoms with Crippen LogP contribution >= 0.6 is 0 Å². The minimum atomic E-state index is -0.810. The zero-order valence-corrected chi connectivity index (χ0v) is 9.14. The van der Waals surface area contributed by atoms with E-state index in [1.54, 1.807) is 18.3 Å². The van der Waals surface area contributed by atoms with Crippen molar-refractivity contribution in [3.05, 3.63) is 30.0 Å². The van der Waals surface area contributed by atoms with Crippen molar-refractivity contribution in [3.8, 4) is 6.07 Å². The highest BCUT2D eigenvalue weighted by atomic mass is 16.3. The third-order valence-corrected chi connectivity index (χ3v) is 2.54. The number of rotatable bonds is 4. The number of aromatic amines is 1. The number of benzene rings is 1. The number of aromatic nitrogens is 1. The van der Waals surface area contributed by atoms with Crippen LogP contribution in [0, 0.1) is 11.3 Å². The Hall–Kier alpha value is -2.03. The van der Waals surface area contributed by atoms with Gasteiger partial charge in [-0.15, -0.1) is 0 Å². The van der Waals surface area contributed by atoms with Gasteiger partial charge in [-0.05, 0) is 18.2 Å². The first-order valence-corrected chi connectivity index (χ1v) is 5.28. The molecular formula is C12H13N3O2. The van der Waals surface area contributed by atoms with E-state index in [9.17, 15) is 5.11 Å². The molecule has 0 spiro atoms. The number of aliphatic hydroxyl groups excluding tert-OH is 2. The summed E-state index contributed by atoms with van der Waals surface area (Å²) in [7, 11) is 0. The molecule has 17 heavy (non-hydrogen) atoms. The molecule has 1 atom stereocenters. The molecule has 0 fully saturated rings. The molecule has 4 N–H and O–H groups in total. The van der Waals surface area contributed by atoms with Crippen LogP contribution in [0.25, 0.3) is 10.9 Å². The van der Waals surface area contributed by atoms with Gasteiger partial charge < -0.3 is 20.5 Å². The number of nitrogens with zero attached hydrogens (tertiary/aromatic N) is 1. The van der Waals surface area contributed by atoms with E-state index in [4.69, 9.17) is 10.4 Å². The Bertz CT molecular complexity index is 556. The van der Waals surface area contributed by atoms with Crippen molar-refractivity contribution < 1.29 is 10.2 Å². The van der Waals surface area contributed by atoms with E-state index in [-0.39, 0.29) is 13.2 Å². The molecule has 1 aromatic carbocycles. The maximum absolute atomic E-state index is 9.28. The molecule has 0 saturated heterocycles. The predicted molar refractivity (Wildman–Crippen MR) is 64.6 cm³/mol. The van der Waals surface area contributed by atoms with Gasteiger partial charge >= 0.3 is 0 Å². The molecule has 0 aliphatic carbocycles. The molecule has 1 unspecified atom stereocenters. The molecule has 2 rings (SSSR count). The molecule has 0 saturated carbocycles. The smallest absolute Gasteiger partial charge is 0.0993 e. The van der Waals surface area contributed by atoms with Crippen molar-refractivity contribution in [1.29, 1.82) is 5.26 Å². The molecule has 0 radical (unpaired) electrons. The standard InChI is InChI=1S/C12H13N3O2/c13-5-8-3-11-10(1-2-14-11)12(4-8)15-6-9(17)7-16/h1-4,9,14-17H,6-7H2. The molecule has 0 aliphatic rings. The van der Waals surface area contributed by atoms with Crippen molar-refractivity contribution in [2.75, 3.05) is 18.5 Å². The summed E-state index contributed by atoms with van der Waals surface area (Å²) in [6, 6.07) is 7.46. The Kier molecular flexibility index (Phi) is 3.28. The summed E-state index contributed by atoms with van der Waals surface area (Å²) >= 11 is 0. The largest absolute Gasteiger partial charge is 0.394 e. The number of aliphatic hydroxyl groups is 2. The minimum Gasteiger partial charge on any atom is -0.394 e. The SMILES string of the molecule is N#Cc1cc(NCC(O)CO)c2cc[nH]c2c1. The summed E-state index contributed by atoms with van der Waals surface area (Å²) in [6.07, 6.45) is 0.981. The van der Waals surface area contributed by atoms with Gasteiger partial charge in [0.1, 0.15) is 0 Å². The molecule has 1 heterocycles. The maximum atomic E-state index is 9.28. The highest BCUT2D eigenvalue weighted by Crippen LogP contribution is 2.24. The second-order valence-corrected chi connectivity index (χ2v) is 3.79. The fourth-order valence-electron chi connectivity index (χ4n) is 1.67. The quantitative estimate of drug-likeness (QED) is 0.626. The Morgan fingerprint density at radius 3 is 3.00 bits per heavy atom. The van der Waals surface area contributed by atoms with Crippen LogP contribution in [-0.2, 0) is 0 Å². The van der Waals surface area contributed by atoms with Gasteiger partial charge in [-0.2, -0.15) is 5.26 Å². The summed E-state index contributed by atoms with van der Waals surface area (Å²) < 4.78 is 0. The number of H-pyrrole nitrogens is 1. The van der Waals surface area contributed by atoms with Gasteiger partial charge in [0.25, 0.3) is 0 Å². The van der Waals surface area contributed by atoms with Gasteiger partial charge in [0.05, 0.1) is 24.3 Å². The molecule has 2 aromatic rings. The third kappa shape index (κ3) is 2.38. The predicted octanol–water partition coefficient (Wildman–Crippen LogP) is 0.805. The van der Waals surface area contributed by atoms with E-state index in [0.29, 0.717) is 5.56 Å². The molecule has 88 valence electrons. The van der Waals surface area contributed by atoms with Crippen LogP contribution in [-0.4, -0.2) is 34.5 Å². The lowest BCUT2D eigenvalue weighted by molar-refractivity contribution is 0.105. The zero-order chi connectivity index (χ0) is 12.3. The van der Waals surface area contributed by atoms with E-state index in [0.717, 1.165) is 16.6 Å². The van der Waals surface area contributed by atoms with Crippen LogP contribution < -0.4 is 5.32 Å². The lowest BCUT2D eigenvalue weighted by Crippen LogP contribution is -2.23. The summed E-state index contributed by atoms with van der Waals surface area (Å²) in [6.45, 7) is -0.0487. The van der Waals surface area contributed by atoms with Crippen LogP contribution in [0.1, 0.15) is 5.56 Å². The number of hydrogen-bond donors (Lipinski definition) is 4. The van der Waals surface area contributed by atoms with Crippen LogP contribution in [0.2, 0.25) is 0 Å². The Labute approximate surface area is 98.3 Å². The fourth-order valence-corrected chi connectivity index (χ4v) is 1.67. The highest BCUT2D eigenvalue weighted by Gasteiger charge is 2.07. The minimum absolute atomic E-state index is 0.242. The summed E-state index contributed by atoms with van der Waals surface area (Å²) in [4.78, 5) is 3.03. The number of nitrogens with one attached hydrogen (secondary N) is 2. The first-order chi connectivity index (χ1) is 8.24. The lowest BCUT2D eigenvalue weighted by Gasteiger charge is -2.11. The van der Waals surface area contributed by atoms with Crippen LogP contribution in [0.4, 0.5) is 5.69 Å². The summed E-state index contributed by atoms with van der Waals surface area (Å²) in [5.41, 5.74) is 2.18. The fraction of sp³-hybridized carbons (Fsp3) is 0.250. The van der Waals surface area contributed by atoms with Crippen LogP contribution in [0.15, 0.2) is 24.4 Å². The number of fused-ring (bicyclic) bond motifs is 1. The van der Waals surface area contributed by atoms with Crippen molar-refractivity contribution in [3.63, 3.8) is 0 Å². The van der Waals surface area contributed by atoms with E-state index >= 15 is 0 Å². The molecule has 0 bridgehead atoms. The van der Waals surface area contributed by atoms with E-state index < -0.39 is 6.10 Å². The Morgan fingerprint density at radius 2 is 2.29 bits per heavy atom. The first kappa shape index (κ1) is 11.5. The molecule has 0 aliphatic heterocycles. The zero-order valence-electron chi connectivity index (χ0n) is 9.14. The normalized spacial score (nSPS) is 12.3. The molecule has 5 nitrogen and oxygen atoms in total. The van der Waals surface area contributed by atoms with Gasteiger partial charge in [0.15, 0.2) is 0 Å². The second-order valence-electron chi connectivity index (χ2n) is 3.79. The van der Waals surface area contributed by atoms with Gasteiger partial charge in [0, 0.05) is 29.3 Å². The Balaban J connectivity index is 2.31. The van der Waals surface area contributed by atoms with E-state index in [1.165, 1.54) is 0 Å². The molecular weight excluding hydrogens is 218 g/mol. The van der Waals surface area contributed by atoms with E-state index in [1.807, 2.05) is 6.07 Å². The average Bonchev–Trinajstić information content (AvgIpc) is 2.83.